The fourth-order valence-corrected chi connectivity index (χ4v) is 4.96. The number of carbonyl (C=O) groups excluding carboxylic acids is 1. The number of pyridine rings is 1. The van der Waals surface area contributed by atoms with Gasteiger partial charge in [-0.1, -0.05) is 13.3 Å². The van der Waals surface area contributed by atoms with Crippen molar-refractivity contribution in [3.05, 3.63) is 70.5 Å². The van der Waals surface area contributed by atoms with Gasteiger partial charge in [0, 0.05) is 50.1 Å². The van der Waals surface area contributed by atoms with Crippen LogP contribution in [0.25, 0.3) is 11.3 Å². The number of nitrogens with one attached hydrogen (secondary N) is 1. The highest BCUT2D eigenvalue weighted by Gasteiger charge is 2.56. The Labute approximate surface area is 209 Å². The number of fused-ring (bicyclic) bond motifs is 1. The van der Waals surface area contributed by atoms with E-state index in [1.165, 1.54) is 22.9 Å². The van der Waals surface area contributed by atoms with Crippen molar-refractivity contribution in [3.63, 3.8) is 0 Å². The third-order valence-electron chi connectivity index (χ3n) is 7.21. The lowest BCUT2D eigenvalue weighted by molar-refractivity contribution is 0.0768. The first kappa shape index (κ1) is 24.0. The molecule has 3 aromatic rings. The Morgan fingerprint density at radius 3 is 2.64 bits per heavy atom. The zero-order valence-corrected chi connectivity index (χ0v) is 20.5. The fourth-order valence-electron chi connectivity index (χ4n) is 4.96. The molecule has 2 aliphatic rings. The number of halogens is 1. The van der Waals surface area contributed by atoms with Gasteiger partial charge in [0.2, 0.25) is 5.95 Å². The van der Waals surface area contributed by atoms with Gasteiger partial charge in [-0.25, -0.2) is 9.37 Å². The van der Waals surface area contributed by atoms with Gasteiger partial charge in [-0.15, -0.1) is 0 Å². The molecule has 1 amide bonds. The molecule has 0 spiro atoms. The summed E-state index contributed by atoms with van der Waals surface area (Å²) in [6.07, 6.45) is 4.67. The number of piperidine rings is 1. The Morgan fingerprint density at radius 1 is 1.19 bits per heavy atom. The third kappa shape index (κ3) is 4.82. The standard InChI is InChI=1S/C27H30FN5O3/c1-3-4-11-36-18-7-5-17(6-8-18)26(35)33-15-21-20(22(21)16-33)13-30-27-31-24(12-25(34)32(27)2)19-9-10-29-14-23(19)28/h5-10,12,14,20-22H,3-4,11,13,15-16H2,1-2H3,(H,30,31). The summed E-state index contributed by atoms with van der Waals surface area (Å²) in [5.41, 5.74) is 0.917. The number of likely N-dealkylation sites (tertiary alicyclic amines) is 1. The first-order valence-corrected chi connectivity index (χ1v) is 12.4. The van der Waals surface area contributed by atoms with E-state index in [4.69, 9.17) is 4.74 Å². The molecule has 1 aliphatic carbocycles. The molecule has 2 atom stereocenters. The Balaban J connectivity index is 1.16. The average Bonchev–Trinajstić information content (AvgIpc) is 3.33. The van der Waals surface area contributed by atoms with Crippen LogP contribution in [0.1, 0.15) is 30.1 Å². The molecule has 9 heteroatoms. The number of hydrogen-bond acceptors (Lipinski definition) is 6. The molecule has 8 nitrogen and oxygen atoms in total. The predicted octanol–water partition coefficient (Wildman–Crippen LogP) is 3.59. The summed E-state index contributed by atoms with van der Waals surface area (Å²) in [6.45, 7) is 4.89. The van der Waals surface area contributed by atoms with E-state index in [0.717, 1.165) is 37.9 Å². The first-order valence-electron chi connectivity index (χ1n) is 12.4. The first-order chi connectivity index (χ1) is 17.5. The minimum absolute atomic E-state index is 0.0464. The van der Waals surface area contributed by atoms with Crippen LogP contribution >= 0.6 is 0 Å². The molecule has 1 N–H and O–H groups in total. The molecule has 0 radical (unpaired) electrons. The van der Waals surface area contributed by atoms with E-state index < -0.39 is 5.82 Å². The molecule has 2 fully saturated rings. The highest BCUT2D eigenvalue weighted by atomic mass is 19.1. The van der Waals surface area contributed by atoms with Crippen molar-refractivity contribution in [2.75, 3.05) is 31.6 Å². The molecule has 2 aromatic heterocycles. The predicted molar refractivity (Wildman–Crippen MR) is 134 cm³/mol. The van der Waals surface area contributed by atoms with E-state index in [1.54, 1.807) is 7.05 Å². The molecule has 36 heavy (non-hydrogen) atoms. The van der Waals surface area contributed by atoms with Crippen LogP contribution in [0, 0.1) is 23.6 Å². The highest BCUT2D eigenvalue weighted by Crippen LogP contribution is 2.51. The van der Waals surface area contributed by atoms with Crippen molar-refractivity contribution in [1.82, 2.24) is 19.4 Å². The van der Waals surface area contributed by atoms with Crippen LogP contribution in [0.4, 0.5) is 10.3 Å². The van der Waals surface area contributed by atoms with Gasteiger partial charge >= 0.3 is 0 Å². The lowest BCUT2D eigenvalue weighted by atomic mass is 10.1. The topological polar surface area (TPSA) is 89.3 Å². The maximum Gasteiger partial charge on any atom is 0.255 e. The van der Waals surface area contributed by atoms with Crippen LogP contribution in [0.3, 0.4) is 0 Å². The monoisotopic (exact) mass is 491 g/mol. The van der Waals surface area contributed by atoms with Crippen LogP contribution in [0.5, 0.6) is 5.75 Å². The van der Waals surface area contributed by atoms with Crippen LogP contribution in [-0.4, -0.2) is 51.6 Å². The van der Waals surface area contributed by atoms with Crippen LogP contribution < -0.4 is 15.6 Å². The largest absolute Gasteiger partial charge is 0.494 e. The van der Waals surface area contributed by atoms with Crippen molar-refractivity contribution in [2.45, 2.75) is 19.8 Å². The van der Waals surface area contributed by atoms with Gasteiger partial charge in [0.1, 0.15) is 5.75 Å². The molecule has 2 unspecified atom stereocenters. The second-order valence-corrected chi connectivity index (χ2v) is 9.53. The van der Waals surface area contributed by atoms with E-state index in [1.807, 2.05) is 29.2 Å². The van der Waals surface area contributed by atoms with Gasteiger partial charge in [-0.2, -0.15) is 0 Å². The number of amides is 1. The quantitative estimate of drug-likeness (QED) is 0.460. The van der Waals surface area contributed by atoms with Gasteiger partial charge < -0.3 is 15.0 Å². The van der Waals surface area contributed by atoms with Crippen LogP contribution in [0.15, 0.2) is 53.6 Å². The maximum absolute atomic E-state index is 14.2. The number of aromatic nitrogens is 3. The molecule has 1 saturated carbocycles. The van der Waals surface area contributed by atoms with E-state index >= 15 is 0 Å². The second-order valence-electron chi connectivity index (χ2n) is 9.53. The molecule has 1 aromatic carbocycles. The third-order valence-corrected chi connectivity index (χ3v) is 7.21. The minimum Gasteiger partial charge on any atom is -0.494 e. The number of benzene rings is 1. The molecule has 3 heterocycles. The zero-order chi connectivity index (χ0) is 25.2. The van der Waals surface area contributed by atoms with Crippen LogP contribution in [-0.2, 0) is 7.05 Å². The molecule has 0 bridgehead atoms. The number of anilines is 1. The summed E-state index contributed by atoms with van der Waals surface area (Å²) in [7, 11) is 1.64. The number of nitrogens with zero attached hydrogens (tertiary/aromatic N) is 4. The minimum atomic E-state index is -0.524. The van der Waals surface area contributed by atoms with E-state index in [2.05, 4.69) is 22.2 Å². The molecule has 1 aliphatic heterocycles. The normalized spacial score (nSPS) is 20.2. The summed E-state index contributed by atoms with van der Waals surface area (Å²) in [5.74, 6) is 1.96. The maximum atomic E-state index is 14.2. The summed E-state index contributed by atoms with van der Waals surface area (Å²) >= 11 is 0. The number of unbranched alkanes of at least 4 members (excludes halogenated alkanes) is 1. The summed E-state index contributed by atoms with van der Waals surface area (Å²) < 4.78 is 21.3. The SMILES string of the molecule is CCCCOc1ccc(C(=O)N2CC3C(CNc4nc(-c5ccncc5F)cc(=O)n4C)C3C2)cc1. The Morgan fingerprint density at radius 2 is 1.94 bits per heavy atom. The van der Waals surface area contributed by atoms with Crippen molar-refractivity contribution in [1.29, 1.82) is 0 Å². The number of ether oxygens (including phenoxy) is 1. The van der Waals surface area contributed by atoms with Gasteiger partial charge in [-0.3, -0.25) is 19.1 Å². The summed E-state index contributed by atoms with van der Waals surface area (Å²) in [6, 6.07) is 10.2. The molecular formula is C27H30FN5O3. The van der Waals surface area contributed by atoms with E-state index in [0.29, 0.717) is 42.4 Å². The van der Waals surface area contributed by atoms with Gasteiger partial charge in [0.25, 0.3) is 11.5 Å². The zero-order valence-electron chi connectivity index (χ0n) is 20.5. The van der Waals surface area contributed by atoms with Crippen molar-refractivity contribution >= 4 is 11.9 Å². The van der Waals surface area contributed by atoms with Gasteiger partial charge in [0.15, 0.2) is 5.82 Å². The van der Waals surface area contributed by atoms with Crippen molar-refractivity contribution < 1.29 is 13.9 Å². The van der Waals surface area contributed by atoms with Gasteiger partial charge in [0.05, 0.1) is 18.5 Å². The van der Waals surface area contributed by atoms with Crippen molar-refractivity contribution in [3.8, 4) is 17.0 Å². The number of hydrogen-bond donors (Lipinski definition) is 1. The molecule has 5 rings (SSSR count). The lowest BCUT2D eigenvalue weighted by Crippen LogP contribution is -2.32. The van der Waals surface area contributed by atoms with Gasteiger partial charge in [-0.05, 0) is 54.5 Å². The number of rotatable bonds is 9. The highest BCUT2D eigenvalue weighted by molar-refractivity contribution is 5.94. The molecular weight excluding hydrogens is 461 g/mol. The van der Waals surface area contributed by atoms with E-state index in [-0.39, 0.29) is 22.7 Å². The Hall–Kier alpha value is -3.75. The van der Waals surface area contributed by atoms with Crippen LogP contribution in [0.2, 0.25) is 0 Å². The smallest absolute Gasteiger partial charge is 0.255 e. The molecule has 1 saturated heterocycles. The second kappa shape index (κ2) is 10.1. The lowest BCUT2D eigenvalue weighted by Gasteiger charge is -2.20. The van der Waals surface area contributed by atoms with Crippen molar-refractivity contribution in [2.24, 2.45) is 24.8 Å². The Kier molecular flexibility index (Phi) is 6.71. The van der Waals surface area contributed by atoms with E-state index in [9.17, 15) is 14.0 Å². The average molecular weight is 492 g/mol. The molecule has 188 valence electrons. The fraction of sp³-hybridized carbons (Fsp3) is 0.407. The summed E-state index contributed by atoms with van der Waals surface area (Å²) in [5, 5.41) is 3.27. The Bertz CT molecular complexity index is 1300. The summed E-state index contributed by atoms with van der Waals surface area (Å²) in [4.78, 5) is 35.5. The number of carbonyl (C=O) groups is 1.